The highest BCUT2D eigenvalue weighted by molar-refractivity contribution is 5.18. The average molecular weight is 337 g/mol. The number of hydrogen-bond donors (Lipinski definition) is 0. The van der Waals surface area contributed by atoms with Gasteiger partial charge in [-0.2, -0.15) is 10.2 Å². The molecule has 126 valence electrons. The minimum Gasteiger partial charge on any atom is -0.482 e. The molecule has 0 fully saturated rings. The van der Waals surface area contributed by atoms with E-state index >= 15 is 0 Å². The number of nitrogens with zero attached hydrogens (tertiary/aromatic N) is 5. The molecule has 0 unspecified atom stereocenters. The molecule has 0 aliphatic rings. The molecule has 6 nitrogen and oxygen atoms in total. The first-order valence-corrected chi connectivity index (χ1v) is 7.14. The first kappa shape index (κ1) is 16.0. The highest BCUT2D eigenvalue weighted by Gasteiger charge is 2.11. The van der Waals surface area contributed by atoms with Gasteiger partial charge in [0.1, 0.15) is 25.3 Å². The molecular weight excluding hydrogens is 323 g/mol. The van der Waals surface area contributed by atoms with E-state index in [2.05, 4.69) is 15.2 Å². The Morgan fingerprint density at radius 3 is 2.67 bits per heavy atom. The molecule has 9 heteroatoms. The number of ether oxygens (including phenoxy) is 1. The van der Waals surface area contributed by atoms with Crippen LogP contribution in [0, 0.1) is 5.82 Å². The Hall–Kier alpha value is -2.84. The summed E-state index contributed by atoms with van der Waals surface area (Å²) in [6.45, 7) is -0.0529. The van der Waals surface area contributed by atoms with Crippen LogP contribution < -0.4 is 4.74 Å². The largest absolute Gasteiger partial charge is 0.482 e. The van der Waals surface area contributed by atoms with Crippen LogP contribution in [0.1, 0.15) is 11.4 Å². The Balaban J connectivity index is 1.58. The molecule has 0 N–H and O–H groups in total. The fraction of sp³-hybridized carbons (Fsp3) is 0.267. The smallest absolute Gasteiger partial charge is 0.257 e. The maximum atomic E-state index is 12.9. The Morgan fingerprint density at radius 2 is 1.92 bits per heavy atom. The van der Waals surface area contributed by atoms with E-state index in [-0.39, 0.29) is 12.4 Å². The Kier molecular flexibility index (Phi) is 4.78. The molecule has 24 heavy (non-hydrogen) atoms. The van der Waals surface area contributed by atoms with Crippen LogP contribution in [0.5, 0.6) is 5.75 Å². The van der Waals surface area contributed by atoms with Gasteiger partial charge in [-0.1, -0.05) is 12.1 Å². The third kappa shape index (κ3) is 4.12. The van der Waals surface area contributed by atoms with Gasteiger partial charge in [0, 0.05) is 0 Å². The van der Waals surface area contributed by atoms with Crippen LogP contribution in [-0.2, 0) is 19.7 Å². The second kappa shape index (κ2) is 7.16. The summed E-state index contributed by atoms with van der Waals surface area (Å²) in [6.07, 6.45) is 1.87. The molecule has 0 aliphatic heterocycles. The van der Waals surface area contributed by atoms with E-state index in [1.807, 2.05) is 0 Å². The minimum atomic E-state index is -2.51. The molecule has 3 aromatic rings. The summed E-state index contributed by atoms with van der Waals surface area (Å²) in [5.41, 5.74) is 0.891. The molecule has 1 aromatic carbocycles. The molecule has 3 rings (SSSR count). The lowest BCUT2D eigenvalue weighted by Gasteiger charge is -2.06. The Morgan fingerprint density at radius 1 is 1.12 bits per heavy atom. The van der Waals surface area contributed by atoms with Gasteiger partial charge in [-0.15, -0.1) is 0 Å². The van der Waals surface area contributed by atoms with Crippen molar-refractivity contribution in [1.29, 1.82) is 0 Å². The van der Waals surface area contributed by atoms with E-state index in [9.17, 15) is 13.2 Å². The molecule has 0 aliphatic carbocycles. The van der Waals surface area contributed by atoms with Gasteiger partial charge in [0.25, 0.3) is 6.43 Å². The van der Waals surface area contributed by atoms with Crippen LogP contribution >= 0.6 is 0 Å². The lowest BCUT2D eigenvalue weighted by atomic mass is 10.2. The van der Waals surface area contributed by atoms with E-state index in [4.69, 9.17) is 4.74 Å². The molecular formula is C15H14F3N5O. The van der Waals surface area contributed by atoms with Crippen molar-refractivity contribution in [3.63, 3.8) is 0 Å². The van der Waals surface area contributed by atoms with Crippen LogP contribution in [0.2, 0.25) is 0 Å². The van der Waals surface area contributed by atoms with Gasteiger partial charge in [0.2, 0.25) is 0 Å². The number of hydrogen-bond acceptors (Lipinski definition) is 4. The van der Waals surface area contributed by atoms with E-state index in [0.717, 1.165) is 10.2 Å². The fourth-order valence-corrected chi connectivity index (χ4v) is 2.11. The van der Waals surface area contributed by atoms with Crippen LogP contribution in [-0.4, -0.2) is 31.0 Å². The van der Waals surface area contributed by atoms with Crippen molar-refractivity contribution in [2.45, 2.75) is 26.1 Å². The first-order valence-electron chi connectivity index (χ1n) is 7.14. The van der Waals surface area contributed by atoms with E-state index in [0.29, 0.717) is 18.1 Å². The van der Waals surface area contributed by atoms with Gasteiger partial charge in [-0.3, -0.25) is 4.68 Å². The summed E-state index contributed by atoms with van der Waals surface area (Å²) in [5.74, 6) is 0.487. The van der Waals surface area contributed by atoms with Crippen LogP contribution in [0.15, 0.2) is 43.0 Å². The third-order valence-electron chi connectivity index (χ3n) is 3.24. The highest BCUT2D eigenvalue weighted by atomic mass is 19.3. The molecule has 0 bridgehead atoms. The maximum absolute atomic E-state index is 12.9. The van der Waals surface area contributed by atoms with Crippen molar-refractivity contribution in [3.05, 3.63) is 60.2 Å². The van der Waals surface area contributed by atoms with Gasteiger partial charge in [0.15, 0.2) is 11.6 Å². The van der Waals surface area contributed by atoms with Crippen molar-refractivity contribution >= 4 is 0 Å². The molecule has 0 radical (unpaired) electrons. The lowest BCUT2D eigenvalue weighted by Crippen LogP contribution is -2.13. The molecule has 0 spiro atoms. The molecule has 0 atom stereocenters. The predicted octanol–water partition coefficient (Wildman–Crippen LogP) is 2.51. The maximum Gasteiger partial charge on any atom is 0.257 e. The summed E-state index contributed by atoms with van der Waals surface area (Å²) in [5, 5.41) is 7.87. The zero-order valence-electron chi connectivity index (χ0n) is 12.5. The highest BCUT2D eigenvalue weighted by Crippen LogP contribution is 2.13. The van der Waals surface area contributed by atoms with Gasteiger partial charge in [-0.25, -0.2) is 22.8 Å². The molecule has 0 amide bonds. The standard InChI is InChI=1S/C15H14F3N5O/c16-12-3-1-11(2-4-12)6-22-7-13(5-20-22)24-9-15-19-10-21-23(15)8-14(17)18/h1-5,7,10,14H,6,8-9H2. The minimum absolute atomic E-state index is 0.00889. The summed E-state index contributed by atoms with van der Waals surface area (Å²) >= 11 is 0. The number of alkyl halides is 2. The van der Waals surface area contributed by atoms with E-state index in [1.54, 1.807) is 23.0 Å². The molecule has 2 aromatic heterocycles. The van der Waals surface area contributed by atoms with E-state index in [1.165, 1.54) is 24.7 Å². The molecule has 0 saturated heterocycles. The third-order valence-corrected chi connectivity index (χ3v) is 3.24. The second-order valence-electron chi connectivity index (χ2n) is 5.04. The lowest BCUT2D eigenvalue weighted by molar-refractivity contribution is 0.118. The monoisotopic (exact) mass is 337 g/mol. The summed E-state index contributed by atoms with van der Waals surface area (Å²) in [7, 11) is 0. The average Bonchev–Trinajstić information content (AvgIpc) is 3.16. The van der Waals surface area contributed by atoms with Crippen LogP contribution in [0.3, 0.4) is 0 Å². The van der Waals surface area contributed by atoms with Crippen molar-refractivity contribution in [3.8, 4) is 5.75 Å². The molecule has 0 saturated carbocycles. The first-order chi connectivity index (χ1) is 11.6. The quantitative estimate of drug-likeness (QED) is 0.665. The zero-order chi connectivity index (χ0) is 16.9. The van der Waals surface area contributed by atoms with E-state index < -0.39 is 13.0 Å². The van der Waals surface area contributed by atoms with Gasteiger partial charge in [-0.05, 0) is 17.7 Å². The Bertz CT molecular complexity index is 785. The normalized spacial score (nSPS) is 11.2. The SMILES string of the molecule is Fc1ccc(Cn2cc(OCc3ncnn3CC(F)F)cn2)cc1. The van der Waals surface area contributed by atoms with Gasteiger partial charge >= 0.3 is 0 Å². The fourth-order valence-electron chi connectivity index (χ4n) is 2.11. The zero-order valence-corrected chi connectivity index (χ0v) is 12.5. The summed E-state index contributed by atoms with van der Waals surface area (Å²) < 4.78 is 45.9. The van der Waals surface area contributed by atoms with Gasteiger partial charge in [0.05, 0.1) is 18.9 Å². The van der Waals surface area contributed by atoms with Gasteiger partial charge < -0.3 is 4.74 Å². The second-order valence-corrected chi connectivity index (χ2v) is 5.04. The van der Waals surface area contributed by atoms with Crippen LogP contribution in [0.4, 0.5) is 13.2 Å². The van der Waals surface area contributed by atoms with Crippen molar-refractivity contribution in [1.82, 2.24) is 24.5 Å². The number of rotatable bonds is 7. The summed E-state index contributed by atoms with van der Waals surface area (Å²) in [4.78, 5) is 3.90. The number of benzene rings is 1. The summed E-state index contributed by atoms with van der Waals surface area (Å²) in [6, 6.07) is 6.10. The topological polar surface area (TPSA) is 57.8 Å². The Labute approximate surface area is 135 Å². The van der Waals surface area contributed by atoms with Crippen molar-refractivity contribution in [2.75, 3.05) is 0 Å². The molecule has 2 heterocycles. The predicted molar refractivity (Wildman–Crippen MR) is 78.1 cm³/mol. The number of halogens is 3. The van der Waals surface area contributed by atoms with Crippen molar-refractivity contribution < 1.29 is 17.9 Å². The van der Waals surface area contributed by atoms with Crippen LogP contribution in [0.25, 0.3) is 0 Å². The van der Waals surface area contributed by atoms with Crippen molar-refractivity contribution in [2.24, 2.45) is 0 Å². The number of aromatic nitrogens is 5.